The molecule has 1 aromatic heterocycles. The van der Waals surface area contributed by atoms with Gasteiger partial charge in [-0.1, -0.05) is 17.7 Å². The Hall–Kier alpha value is -3.36. The molecule has 3 aromatic rings. The zero-order valence-corrected chi connectivity index (χ0v) is 19.0. The van der Waals surface area contributed by atoms with Crippen LogP contribution in [0.15, 0.2) is 42.5 Å². The number of pyridine rings is 1. The van der Waals surface area contributed by atoms with Crippen molar-refractivity contribution in [2.45, 2.75) is 19.6 Å². The highest BCUT2D eigenvalue weighted by Crippen LogP contribution is 2.31. The van der Waals surface area contributed by atoms with E-state index in [1.54, 1.807) is 55.3 Å². The summed E-state index contributed by atoms with van der Waals surface area (Å²) in [7, 11) is 1.54. The van der Waals surface area contributed by atoms with Gasteiger partial charge in [-0.2, -0.15) is 0 Å². The summed E-state index contributed by atoms with van der Waals surface area (Å²) in [6.07, 6.45) is -0.977. The number of aromatic nitrogens is 1. The summed E-state index contributed by atoms with van der Waals surface area (Å²) in [6, 6.07) is 12.0. The average molecular weight is 470 g/mol. The number of ether oxygens (including phenoxy) is 1. The minimum Gasteiger partial charge on any atom is -0.496 e. The van der Waals surface area contributed by atoms with Gasteiger partial charge in [-0.25, -0.2) is 9.78 Å². The molecular formula is C24H24ClN3O5. The topological polar surface area (TPSA) is 103 Å². The van der Waals surface area contributed by atoms with E-state index < -0.39 is 6.09 Å². The predicted molar refractivity (Wildman–Crippen MR) is 125 cm³/mol. The van der Waals surface area contributed by atoms with E-state index >= 15 is 0 Å². The number of benzene rings is 2. The van der Waals surface area contributed by atoms with Gasteiger partial charge in [-0.05, 0) is 43.3 Å². The first-order chi connectivity index (χ1) is 15.8. The van der Waals surface area contributed by atoms with Gasteiger partial charge < -0.3 is 24.7 Å². The van der Waals surface area contributed by atoms with Crippen LogP contribution in [0, 0.1) is 0 Å². The lowest BCUT2D eigenvalue weighted by molar-refractivity contribution is 0.0507. The van der Waals surface area contributed by atoms with Gasteiger partial charge in [-0.3, -0.25) is 4.79 Å². The van der Waals surface area contributed by atoms with Gasteiger partial charge in [0.05, 0.1) is 29.9 Å². The fourth-order valence-corrected chi connectivity index (χ4v) is 4.40. The third kappa shape index (κ3) is 4.44. The molecule has 172 valence electrons. The summed E-state index contributed by atoms with van der Waals surface area (Å²) in [5, 5.41) is 20.1. The van der Waals surface area contributed by atoms with Gasteiger partial charge in [0.25, 0.3) is 5.91 Å². The third-order valence-electron chi connectivity index (χ3n) is 5.91. The maximum atomic E-state index is 13.1. The highest BCUT2D eigenvalue weighted by atomic mass is 35.5. The van der Waals surface area contributed by atoms with Crippen LogP contribution in [0.4, 0.5) is 4.79 Å². The van der Waals surface area contributed by atoms with Crippen molar-refractivity contribution in [3.8, 4) is 17.0 Å². The molecule has 2 heterocycles. The number of fused-ring (bicyclic) bond motifs is 1. The highest BCUT2D eigenvalue weighted by molar-refractivity contribution is 6.35. The first kappa shape index (κ1) is 22.8. The Morgan fingerprint density at radius 1 is 1.18 bits per heavy atom. The van der Waals surface area contributed by atoms with Crippen molar-refractivity contribution in [1.29, 1.82) is 0 Å². The normalized spacial score (nSPS) is 16.2. The van der Waals surface area contributed by atoms with Crippen molar-refractivity contribution in [3.63, 3.8) is 0 Å². The van der Waals surface area contributed by atoms with Gasteiger partial charge in [0, 0.05) is 47.8 Å². The molecule has 1 fully saturated rings. The van der Waals surface area contributed by atoms with E-state index in [0.717, 1.165) is 10.9 Å². The predicted octanol–water partition coefficient (Wildman–Crippen LogP) is 3.88. The molecule has 0 aliphatic carbocycles. The van der Waals surface area contributed by atoms with Crippen LogP contribution in [0.1, 0.15) is 22.8 Å². The zero-order chi connectivity index (χ0) is 23.7. The van der Waals surface area contributed by atoms with Crippen molar-refractivity contribution in [1.82, 2.24) is 14.8 Å². The molecule has 4 rings (SSSR count). The second kappa shape index (κ2) is 9.25. The Kier molecular flexibility index (Phi) is 6.40. The fourth-order valence-electron chi connectivity index (χ4n) is 4.14. The van der Waals surface area contributed by atoms with E-state index in [9.17, 15) is 19.8 Å². The van der Waals surface area contributed by atoms with E-state index in [4.69, 9.17) is 21.3 Å². The summed E-state index contributed by atoms with van der Waals surface area (Å²) < 4.78 is 5.26. The van der Waals surface area contributed by atoms with Crippen LogP contribution >= 0.6 is 11.6 Å². The molecule has 2 aromatic carbocycles. The number of aliphatic hydroxyl groups excluding tert-OH is 1. The fraction of sp³-hybridized carbons (Fsp3) is 0.292. The molecule has 0 radical (unpaired) electrons. The highest BCUT2D eigenvalue weighted by Gasteiger charge is 2.30. The van der Waals surface area contributed by atoms with Crippen LogP contribution in [-0.4, -0.2) is 69.8 Å². The van der Waals surface area contributed by atoms with Crippen molar-refractivity contribution in [3.05, 3.63) is 58.6 Å². The Balaban J connectivity index is 1.66. The Labute approximate surface area is 196 Å². The van der Waals surface area contributed by atoms with Crippen molar-refractivity contribution in [2.75, 3.05) is 26.7 Å². The maximum absolute atomic E-state index is 13.1. The number of hydrogen-bond donors (Lipinski definition) is 2. The summed E-state index contributed by atoms with van der Waals surface area (Å²) in [5.74, 6) is 0.405. The minimum atomic E-state index is -0.977. The molecule has 8 nitrogen and oxygen atoms in total. The minimum absolute atomic E-state index is 0.176. The molecule has 0 bridgehead atoms. The monoisotopic (exact) mass is 469 g/mol. The third-order valence-corrected chi connectivity index (χ3v) is 6.23. The lowest BCUT2D eigenvalue weighted by atomic mass is 10.0. The summed E-state index contributed by atoms with van der Waals surface area (Å²) in [5.41, 5.74) is 3.04. The van der Waals surface area contributed by atoms with Crippen LogP contribution in [0.5, 0.6) is 5.75 Å². The first-order valence-corrected chi connectivity index (χ1v) is 10.9. The smallest absolute Gasteiger partial charge is 0.407 e. The Morgan fingerprint density at radius 3 is 2.64 bits per heavy atom. The molecule has 1 unspecified atom stereocenters. The second-order valence-electron chi connectivity index (χ2n) is 7.98. The first-order valence-electron chi connectivity index (χ1n) is 10.5. The molecule has 0 spiro atoms. The van der Waals surface area contributed by atoms with Gasteiger partial charge in [0.1, 0.15) is 5.75 Å². The molecule has 1 saturated heterocycles. The Morgan fingerprint density at radius 2 is 1.97 bits per heavy atom. The van der Waals surface area contributed by atoms with Gasteiger partial charge in [0.15, 0.2) is 0 Å². The zero-order valence-electron chi connectivity index (χ0n) is 18.3. The standard InChI is InChI=1S/C24H24ClN3O5/c1-14-12-27(7-8-28(14)24(31)32)23(30)16-3-5-18-19(25)11-20(26-21(18)10-16)15-4-6-22(33-2)17(9-15)13-29/h3-6,9-11,14,29H,7-8,12-13H2,1-2H3,(H,31,32). The second-order valence-corrected chi connectivity index (χ2v) is 8.39. The number of nitrogens with zero attached hydrogens (tertiary/aromatic N) is 3. The molecule has 1 aliphatic heterocycles. The number of rotatable bonds is 4. The quantitative estimate of drug-likeness (QED) is 0.601. The van der Waals surface area contributed by atoms with Crippen LogP contribution in [0.3, 0.4) is 0 Å². The number of carboxylic acid groups (broad SMARTS) is 1. The van der Waals surface area contributed by atoms with Crippen LogP contribution in [0.2, 0.25) is 5.02 Å². The number of amides is 2. The van der Waals surface area contributed by atoms with Crippen LogP contribution < -0.4 is 4.74 Å². The molecule has 33 heavy (non-hydrogen) atoms. The average Bonchev–Trinajstić information content (AvgIpc) is 2.82. The molecule has 1 atom stereocenters. The molecule has 2 N–H and O–H groups in total. The van der Waals surface area contributed by atoms with E-state index in [1.807, 2.05) is 6.07 Å². The van der Waals surface area contributed by atoms with Crippen LogP contribution in [-0.2, 0) is 6.61 Å². The SMILES string of the molecule is COc1ccc(-c2cc(Cl)c3ccc(C(=O)N4CCN(C(=O)O)C(C)C4)cc3n2)cc1CO. The molecular weight excluding hydrogens is 446 g/mol. The van der Waals surface area contributed by atoms with Crippen molar-refractivity contribution >= 4 is 34.5 Å². The maximum Gasteiger partial charge on any atom is 0.407 e. The van der Waals surface area contributed by atoms with Gasteiger partial charge >= 0.3 is 6.09 Å². The molecule has 2 amide bonds. The van der Waals surface area contributed by atoms with Crippen molar-refractivity contribution in [2.24, 2.45) is 0 Å². The number of hydrogen-bond acceptors (Lipinski definition) is 5. The van der Waals surface area contributed by atoms with E-state index in [1.165, 1.54) is 4.90 Å². The summed E-state index contributed by atoms with van der Waals surface area (Å²) in [4.78, 5) is 32.1. The van der Waals surface area contributed by atoms with E-state index in [2.05, 4.69) is 0 Å². The Bertz CT molecular complexity index is 1230. The molecule has 1 aliphatic rings. The van der Waals surface area contributed by atoms with Gasteiger partial charge in [-0.15, -0.1) is 0 Å². The van der Waals surface area contributed by atoms with Gasteiger partial charge in [0.2, 0.25) is 0 Å². The van der Waals surface area contributed by atoms with Crippen molar-refractivity contribution < 1.29 is 24.5 Å². The number of carbonyl (C=O) groups is 2. The largest absolute Gasteiger partial charge is 0.496 e. The number of carbonyl (C=O) groups excluding carboxylic acids is 1. The van der Waals surface area contributed by atoms with E-state index in [0.29, 0.717) is 46.2 Å². The molecule has 0 saturated carbocycles. The van der Waals surface area contributed by atoms with Crippen LogP contribution in [0.25, 0.3) is 22.2 Å². The summed E-state index contributed by atoms with van der Waals surface area (Å²) in [6.45, 7) is 2.54. The number of methoxy groups -OCH3 is 1. The number of halogens is 1. The van der Waals surface area contributed by atoms with E-state index in [-0.39, 0.29) is 25.1 Å². The summed E-state index contributed by atoms with van der Waals surface area (Å²) >= 11 is 6.52. The lowest BCUT2D eigenvalue weighted by Crippen LogP contribution is -2.55. The molecule has 9 heteroatoms. The number of piperazine rings is 1. The lowest BCUT2D eigenvalue weighted by Gasteiger charge is -2.38. The number of aliphatic hydroxyl groups is 1.